The van der Waals surface area contributed by atoms with Crippen LogP contribution in [0.15, 0.2) is 47.4 Å². The first kappa shape index (κ1) is 37.7. The van der Waals surface area contributed by atoms with E-state index in [2.05, 4.69) is 38.6 Å². The molecule has 0 radical (unpaired) electrons. The van der Waals surface area contributed by atoms with Crippen LogP contribution in [-0.4, -0.2) is 106 Å². The molecule has 13 heteroatoms. The highest BCUT2D eigenvalue weighted by atomic mass is 32.2. The fourth-order valence-corrected chi connectivity index (χ4v) is 9.88. The molecule has 0 aromatic heterocycles. The Balaban J connectivity index is 0.842. The number of hydrogen-bond acceptors (Lipinski definition) is 9. The molecule has 53 heavy (non-hydrogen) atoms. The molecular formula is C40H54N6O6S. The van der Waals surface area contributed by atoms with Crippen molar-refractivity contribution in [3.8, 4) is 0 Å². The third-order valence-electron chi connectivity index (χ3n) is 11.5. The number of nitrogens with zero attached hydrogens (tertiary/aromatic N) is 4. The summed E-state index contributed by atoms with van der Waals surface area (Å²) in [6.07, 6.45) is 6.17. The molecule has 0 spiro atoms. The molecule has 4 amide bonds. The van der Waals surface area contributed by atoms with E-state index in [1.165, 1.54) is 5.56 Å². The minimum Gasteiger partial charge on any atom is -0.593 e. The zero-order valence-corrected chi connectivity index (χ0v) is 32.1. The van der Waals surface area contributed by atoms with Gasteiger partial charge in [-0.1, -0.05) is 12.1 Å². The quantitative estimate of drug-likeness (QED) is 0.295. The Kier molecular flexibility index (Phi) is 11.4. The van der Waals surface area contributed by atoms with Gasteiger partial charge in [-0.2, -0.15) is 0 Å². The van der Waals surface area contributed by atoms with Crippen LogP contribution in [0.1, 0.15) is 99.5 Å². The number of likely N-dealkylation sites (tertiary alicyclic amines) is 1. The highest BCUT2D eigenvalue weighted by Gasteiger charge is 2.39. The van der Waals surface area contributed by atoms with Crippen LogP contribution in [0.25, 0.3) is 0 Å². The van der Waals surface area contributed by atoms with Crippen LogP contribution in [-0.2, 0) is 32.2 Å². The van der Waals surface area contributed by atoms with Crippen molar-refractivity contribution in [3.63, 3.8) is 0 Å². The number of carbonyl (C=O) groups is 4. The predicted molar refractivity (Wildman–Crippen MR) is 203 cm³/mol. The van der Waals surface area contributed by atoms with Crippen LogP contribution in [0, 0.1) is 5.92 Å². The SMILES string of the molecule is CC(C)(C)OC(=O)NC1CCN([S+]([O-])c2cccc(C3CCN(CC4CCN(c5ccc6c(c5)CN(C5CCC(=O)NC5=O)C6=O)CC4)CC3)c2)CC1. The minimum absolute atomic E-state index is 0.0292. The molecule has 5 heterocycles. The van der Waals surface area contributed by atoms with Crippen molar-refractivity contribution in [2.24, 2.45) is 5.92 Å². The van der Waals surface area contributed by atoms with Gasteiger partial charge in [0.15, 0.2) is 4.90 Å². The maximum absolute atomic E-state index is 13.6. The number of rotatable bonds is 8. The van der Waals surface area contributed by atoms with Crippen molar-refractivity contribution >= 4 is 40.9 Å². The first-order valence-corrected chi connectivity index (χ1v) is 20.5. The Morgan fingerprint density at radius 2 is 1.66 bits per heavy atom. The van der Waals surface area contributed by atoms with Gasteiger partial charge in [0.25, 0.3) is 5.91 Å². The second-order valence-electron chi connectivity index (χ2n) is 16.4. The summed E-state index contributed by atoms with van der Waals surface area (Å²) in [6.45, 7) is 12.5. The minimum atomic E-state index is -1.23. The van der Waals surface area contributed by atoms with E-state index in [0.29, 0.717) is 43.5 Å². The monoisotopic (exact) mass is 746 g/mol. The van der Waals surface area contributed by atoms with E-state index in [9.17, 15) is 23.7 Å². The molecular weight excluding hydrogens is 693 g/mol. The molecule has 2 N–H and O–H groups in total. The van der Waals surface area contributed by atoms with Crippen molar-refractivity contribution < 1.29 is 28.5 Å². The molecule has 4 fully saturated rings. The van der Waals surface area contributed by atoms with Gasteiger partial charge in [0.05, 0.1) is 11.4 Å². The molecule has 5 aliphatic heterocycles. The van der Waals surface area contributed by atoms with Crippen LogP contribution < -0.4 is 15.5 Å². The number of benzene rings is 2. The molecule has 0 saturated carbocycles. The molecule has 0 bridgehead atoms. The van der Waals surface area contributed by atoms with E-state index in [-0.39, 0.29) is 30.2 Å². The molecule has 5 aliphatic rings. The molecule has 4 saturated heterocycles. The Morgan fingerprint density at radius 1 is 0.925 bits per heavy atom. The standard InChI is InChI=1S/C40H54N6O6S/c1-40(2,3)52-39(50)41-31-15-21-45(22-16-31)53(51)33-6-4-5-29(24-33)28-13-17-43(18-14-28)25-27-11-19-44(20-12-27)32-7-8-34-30(23-32)26-46(38(34)49)35-9-10-36(47)42-37(35)48/h4-8,23-24,27-28,31,35H,9-22,25-26H2,1-3H3,(H,41,50)(H,42,47,48). The number of imide groups is 1. The van der Waals surface area contributed by atoms with Crippen LogP contribution in [0.2, 0.25) is 0 Å². The molecule has 2 aromatic carbocycles. The van der Waals surface area contributed by atoms with Crippen LogP contribution >= 0.6 is 0 Å². The number of alkyl carbamates (subject to hydrolysis) is 1. The van der Waals surface area contributed by atoms with Crippen molar-refractivity contribution in [1.82, 2.24) is 24.7 Å². The maximum atomic E-state index is 13.6. The van der Waals surface area contributed by atoms with Crippen molar-refractivity contribution in [3.05, 3.63) is 59.2 Å². The van der Waals surface area contributed by atoms with Crippen LogP contribution in [0.5, 0.6) is 0 Å². The first-order valence-electron chi connectivity index (χ1n) is 19.4. The van der Waals surface area contributed by atoms with Gasteiger partial charge >= 0.3 is 6.09 Å². The van der Waals surface area contributed by atoms with Crippen molar-refractivity contribution in [2.75, 3.05) is 50.7 Å². The van der Waals surface area contributed by atoms with Gasteiger partial charge in [-0.3, -0.25) is 19.7 Å². The molecule has 7 rings (SSSR count). The van der Waals surface area contributed by atoms with Crippen LogP contribution in [0.3, 0.4) is 0 Å². The van der Waals surface area contributed by atoms with E-state index < -0.39 is 29.1 Å². The Hall–Kier alpha value is -3.65. The number of carbonyl (C=O) groups excluding carboxylic acids is 4. The zero-order valence-electron chi connectivity index (χ0n) is 31.3. The Morgan fingerprint density at radius 3 is 2.36 bits per heavy atom. The lowest BCUT2D eigenvalue weighted by Gasteiger charge is -2.38. The Bertz CT molecular complexity index is 1680. The third kappa shape index (κ3) is 9.01. The highest BCUT2D eigenvalue weighted by Crippen LogP contribution is 2.34. The lowest BCUT2D eigenvalue weighted by Crippen LogP contribution is -2.52. The number of nitrogens with one attached hydrogen (secondary N) is 2. The molecule has 2 atom stereocenters. The third-order valence-corrected chi connectivity index (χ3v) is 13.0. The zero-order chi connectivity index (χ0) is 37.3. The van der Waals surface area contributed by atoms with E-state index in [1.807, 2.05) is 49.3 Å². The van der Waals surface area contributed by atoms with E-state index in [4.69, 9.17) is 4.74 Å². The lowest BCUT2D eigenvalue weighted by molar-refractivity contribution is -0.136. The van der Waals surface area contributed by atoms with Gasteiger partial charge in [-0.05, 0) is 132 Å². The van der Waals surface area contributed by atoms with E-state index in [1.54, 1.807) is 4.90 Å². The summed E-state index contributed by atoms with van der Waals surface area (Å²) in [7, 11) is 0. The Labute approximate surface area is 316 Å². The fourth-order valence-electron chi connectivity index (χ4n) is 8.61. The lowest BCUT2D eigenvalue weighted by atomic mass is 9.88. The highest BCUT2D eigenvalue weighted by molar-refractivity contribution is 7.89. The van der Waals surface area contributed by atoms with Gasteiger partial charge in [-0.15, -0.1) is 4.31 Å². The number of piperidine rings is 4. The molecule has 12 nitrogen and oxygen atoms in total. The number of hydrogen-bond donors (Lipinski definition) is 2. The van der Waals surface area contributed by atoms with Crippen molar-refractivity contribution in [1.29, 1.82) is 0 Å². The summed E-state index contributed by atoms with van der Waals surface area (Å²) in [5, 5.41) is 5.34. The van der Waals surface area contributed by atoms with Crippen molar-refractivity contribution in [2.45, 2.75) is 107 Å². The van der Waals surface area contributed by atoms with Gasteiger partial charge in [0, 0.05) is 63.0 Å². The topological polar surface area (TPSA) is 138 Å². The summed E-state index contributed by atoms with van der Waals surface area (Å²) in [6, 6.07) is 13.9. The van der Waals surface area contributed by atoms with Gasteiger partial charge in [0.1, 0.15) is 11.6 Å². The maximum Gasteiger partial charge on any atom is 0.407 e. The summed E-state index contributed by atoms with van der Waals surface area (Å²) in [4.78, 5) is 56.9. The number of ether oxygens (including phenoxy) is 1. The van der Waals surface area contributed by atoms with E-state index in [0.717, 1.165) is 87.4 Å². The van der Waals surface area contributed by atoms with Crippen LogP contribution in [0.4, 0.5) is 10.5 Å². The largest absolute Gasteiger partial charge is 0.593 e. The number of amides is 4. The van der Waals surface area contributed by atoms with Gasteiger partial charge in [-0.25, -0.2) is 4.79 Å². The summed E-state index contributed by atoms with van der Waals surface area (Å²) >= 11 is -1.23. The first-order chi connectivity index (χ1) is 25.4. The summed E-state index contributed by atoms with van der Waals surface area (Å²) < 4.78 is 21.0. The van der Waals surface area contributed by atoms with E-state index >= 15 is 0 Å². The molecule has 0 aliphatic carbocycles. The second-order valence-corrected chi connectivity index (χ2v) is 17.9. The average Bonchev–Trinajstić information content (AvgIpc) is 3.46. The van der Waals surface area contributed by atoms with Gasteiger partial charge < -0.3 is 29.3 Å². The number of fused-ring (bicyclic) bond motifs is 1. The predicted octanol–water partition coefficient (Wildman–Crippen LogP) is 4.56. The molecule has 2 aromatic rings. The average molecular weight is 747 g/mol. The normalized spacial score (nSPS) is 23.5. The summed E-state index contributed by atoms with van der Waals surface area (Å²) in [5.74, 6) is 0.330. The smallest absolute Gasteiger partial charge is 0.407 e. The number of anilines is 1. The molecule has 2 unspecified atom stereocenters. The summed E-state index contributed by atoms with van der Waals surface area (Å²) in [5.41, 5.74) is 3.49. The second kappa shape index (κ2) is 16.0. The fraction of sp³-hybridized carbons (Fsp3) is 0.600. The molecule has 286 valence electrons. The van der Waals surface area contributed by atoms with Gasteiger partial charge in [0.2, 0.25) is 11.8 Å².